The maximum Gasteiger partial charge on any atom is 0.361 e. The summed E-state index contributed by atoms with van der Waals surface area (Å²) in [6.45, 7) is 6.12. The molecule has 0 aliphatic heterocycles. The van der Waals surface area contributed by atoms with E-state index >= 15 is 0 Å². The second kappa shape index (κ2) is 12.1. The van der Waals surface area contributed by atoms with Crippen LogP contribution in [0.5, 0.6) is 0 Å². The molecule has 0 fully saturated rings. The number of benzene rings is 2. The summed E-state index contributed by atoms with van der Waals surface area (Å²) in [6, 6.07) is 5.17. The van der Waals surface area contributed by atoms with E-state index in [1.165, 1.54) is 27.7 Å². The van der Waals surface area contributed by atoms with Crippen LogP contribution in [-0.2, 0) is 9.47 Å². The van der Waals surface area contributed by atoms with E-state index in [-0.39, 0.29) is 11.0 Å². The summed E-state index contributed by atoms with van der Waals surface area (Å²) in [5.41, 5.74) is -6.29. The average molecular weight is 665 g/mol. The molecular weight excluding hydrogens is 644 g/mol. The monoisotopic (exact) mass is 664 g/mol. The van der Waals surface area contributed by atoms with Crippen molar-refractivity contribution in [3.63, 3.8) is 0 Å². The number of hydrogen-bond donors (Lipinski definition) is 0. The van der Waals surface area contributed by atoms with E-state index in [0.717, 1.165) is 33.6 Å². The summed E-state index contributed by atoms with van der Waals surface area (Å²) < 4.78 is 12.1. The molecular formula is C26H20N10O12. The summed E-state index contributed by atoms with van der Waals surface area (Å²) in [7, 11) is 0. The van der Waals surface area contributed by atoms with Gasteiger partial charge in [0.1, 0.15) is 22.4 Å². The number of rotatable bonds is 10. The molecule has 0 spiro atoms. The van der Waals surface area contributed by atoms with Gasteiger partial charge < -0.3 is 9.47 Å². The molecule has 0 atom stereocenters. The Morgan fingerprint density at radius 1 is 0.625 bits per heavy atom. The van der Waals surface area contributed by atoms with Crippen molar-refractivity contribution < 1.29 is 38.8 Å². The second-order valence-electron chi connectivity index (χ2n) is 10.4. The predicted molar refractivity (Wildman–Crippen MR) is 159 cm³/mol. The minimum absolute atomic E-state index is 0.364. The molecule has 5 aromatic rings. The number of aromatic nitrogens is 6. The number of non-ortho nitro benzene ring substituents is 2. The Morgan fingerprint density at radius 2 is 1.00 bits per heavy atom. The van der Waals surface area contributed by atoms with Crippen molar-refractivity contribution in [3.8, 4) is 11.4 Å². The van der Waals surface area contributed by atoms with Gasteiger partial charge in [0.25, 0.3) is 11.4 Å². The van der Waals surface area contributed by atoms with Crippen LogP contribution in [0.3, 0.4) is 0 Å². The number of nitrogens with zero attached hydrogens (tertiary/aromatic N) is 10. The first-order chi connectivity index (χ1) is 22.6. The third-order valence-electron chi connectivity index (χ3n) is 6.37. The van der Waals surface area contributed by atoms with Crippen LogP contribution in [0.1, 0.15) is 48.7 Å². The van der Waals surface area contributed by atoms with Crippen LogP contribution in [0.2, 0.25) is 0 Å². The highest BCUT2D eigenvalue weighted by atomic mass is 16.6. The number of ether oxygens (including phenoxy) is 2. The molecule has 22 heteroatoms. The highest BCUT2D eigenvalue weighted by Crippen LogP contribution is 2.34. The Morgan fingerprint density at radius 3 is 1.31 bits per heavy atom. The van der Waals surface area contributed by atoms with Crippen molar-refractivity contribution in [3.05, 3.63) is 88.2 Å². The molecule has 3 aromatic heterocycles. The summed E-state index contributed by atoms with van der Waals surface area (Å²) in [5.74, 6) is -2.12. The first kappa shape index (κ1) is 32.4. The first-order valence-corrected chi connectivity index (χ1v) is 13.6. The summed E-state index contributed by atoms with van der Waals surface area (Å²) >= 11 is 0. The Kier molecular flexibility index (Phi) is 8.15. The van der Waals surface area contributed by atoms with E-state index in [1.54, 1.807) is 0 Å². The number of nitro groups is 4. The summed E-state index contributed by atoms with van der Waals surface area (Å²) in [6.07, 6.45) is -1.35. The third-order valence-corrected chi connectivity index (χ3v) is 6.37. The van der Waals surface area contributed by atoms with E-state index in [2.05, 4.69) is 20.2 Å². The fourth-order valence-corrected chi connectivity index (χ4v) is 4.47. The predicted octanol–water partition coefficient (Wildman–Crippen LogP) is 3.92. The van der Waals surface area contributed by atoms with Gasteiger partial charge in [-0.05, 0) is 39.8 Å². The molecule has 0 amide bonds. The van der Waals surface area contributed by atoms with Crippen LogP contribution >= 0.6 is 0 Å². The highest BCUT2D eigenvalue weighted by molar-refractivity contribution is 6.05. The molecule has 0 aliphatic rings. The average Bonchev–Trinajstić information content (AvgIpc) is 3.57. The summed E-state index contributed by atoms with van der Waals surface area (Å²) in [5, 5.41) is 55.1. The number of carbonyl (C=O) groups is 2. The lowest BCUT2D eigenvalue weighted by Gasteiger charge is -2.06. The number of nitro benzene ring substituents is 4. The zero-order chi connectivity index (χ0) is 35.2. The van der Waals surface area contributed by atoms with Crippen molar-refractivity contribution >= 4 is 57.0 Å². The Labute approximate surface area is 265 Å². The van der Waals surface area contributed by atoms with Crippen LogP contribution in [0.25, 0.3) is 33.7 Å². The Bertz CT molecular complexity index is 2070. The van der Waals surface area contributed by atoms with Gasteiger partial charge in [-0.25, -0.2) is 28.9 Å². The van der Waals surface area contributed by atoms with Crippen molar-refractivity contribution in [1.82, 2.24) is 29.5 Å². The van der Waals surface area contributed by atoms with Gasteiger partial charge in [-0.3, -0.25) is 40.5 Å². The zero-order valence-electron chi connectivity index (χ0n) is 25.0. The fraction of sp³-hybridized carbons (Fsp3) is 0.231. The number of fused-ring (bicyclic) bond motifs is 2. The van der Waals surface area contributed by atoms with Crippen molar-refractivity contribution in [2.45, 2.75) is 39.9 Å². The minimum Gasteiger partial charge on any atom is -0.458 e. The first-order valence-electron chi connectivity index (χ1n) is 13.6. The van der Waals surface area contributed by atoms with Crippen LogP contribution in [0.15, 0.2) is 36.4 Å². The van der Waals surface area contributed by atoms with Crippen molar-refractivity contribution in [1.29, 1.82) is 0 Å². The maximum atomic E-state index is 13.2. The van der Waals surface area contributed by atoms with E-state index in [0.29, 0.717) is 12.1 Å². The maximum absolute atomic E-state index is 13.2. The van der Waals surface area contributed by atoms with E-state index < -0.39 is 101 Å². The molecule has 3 heterocycles. The Hall–Kier alpha value is -7.00. The van der Waals surface area contributed by atoms with Gasteiger partial charge >= 0.3 is 23.3 Å². The van der Waals surface area contributed by atoms with E-state index in [4.69, 9.17) is 9.47 Å². The fourth-order valence-electron chi connectivity index (χ4n) is 4.47. The topological polar surface area (TPSA) is 287 Å². The van der Waals surface area contributed by atoms with E-state index in [1.807, 2.05) is 0 Å². The van der Waals surface area contributed by atoms with Gasteiger partial charge in [-0.2, -0.15) is 10.2 Å². The number of hydrogen-bond acceptors (Lipinski definition) is 16. The normalized spacial score (nSPS) is 11.3. The molecule has 22 nitrogen and oxygen atoms in total. The largest absolute Gasteiger partial charge is 0.458 e. The molecule has 0 bridgehead atoms. The number of esters is 2. The minimum atomic E-state index is -1.06. The molecule has 2 aromatic carbocycles. The molecule has 246 valence electrons. The molecule has 0 radical (unpaired) electrons. The van der Waals surface area contributed by atoms with Crippen LogP contribution < -0.4 is 0 Å². The van der Waals surface area contributed by atoms with Gasteiger partial charge in [0.05, 0.1) is 44.0 Å². The van der Waals surface area contributed by atoms with Gasteiger partial charge in [-0.15, -0.1) is 0 Å². The standard InChI is InChI=1S/C26H20N10O12/c1-11(2)47-25(37)21-19-23(31(29-21)15-7-5-13(33(39)40)9-17(15)35(43)44)28-24-20(27-19)22(26(38)48-12(3)4)30-32(24)16-8-6-14(34(41)42)10-18(16)36(45)46/h5-12H,1-4H3. The van der Waals surface area contributed by atoms with Crippen LogP contribution in [0.4, 0.5) is 22.7 Å². The van der Waals surface area contributed by atoms with Crippen LogP contribution in [-0.4, -0.2) is 73.4 Å². The van der Waals surface area contributed by atoms with Gasteiger partial charge in [0.2, 0.25) is 0 Å². The van der Waals surface area contributed by atoms with Gasteiger partial charge in [0, 0.05) is 12.1 Å². The van der Waals surface area contributed by atoms with E-state index in [9.17, 15) is 50.0 Å². The SMILES string of the molecule is CC(C)OC(=O)c1nn(-c2ccc([N+](=O)[O-])cc2[N+](=O)[O-])c2nc3c(nc12)c(C(=O)OC(C)C)nn3-c1ccc([N+](=O)[O-])cc1[N+](=O)[O-]. The lowest BCUT2D eigenvalue weighted by Crippen LogP contribution is -2.14. The molecule has 0 saturated carbocycles. The number of carbonyl (C=O) groups excluding carboxylic acids is 2. The zero-order valence-corrected chi connectivity index (χ0v) is 25.0. The molecule has 0 N–H and O–H groups in total. The molecule has 0 aliphatic carbocycles. The summed E-state index contributed by atoms with van der Waals surface area (Å²) in [4.78, 5) is 78.3. The second-order valence-corrected chi connectivity index (χ2v) is 10.4. The van der Waals surface area contributed by atoms with Gasteiger partial charge in [0.15, 0.2) is 22.7 Å². The molecule has 0 saturated heterocycles. The molecule has 5 rings (SSSR count). The Balaban J connectivity index is 1.93. The quantitative estimate of drug-likeness (QED) is 0.116. The van der Waals surface area contributed by atoms with Crippen LogP contribution in [0, 0.1) is 40.5 Å². The van der Waals surface area contributed by atoms with Crippen molar-refractivity contribution in [2.75, 3.05) is 0 Å². The molecule has 0 unspecified atom stereocenters. The lowest BCUT2D eigenvalue weighted by atomic mass is 10.2. The third kappa shape index (κ3) is 5.75. The van der Waals surface area contributed by atoms with Crippen molar-refractivity contribution in [2.24, 2.45) is 0 Å². The van der Waals surface area contributed by atoms with Gasteiger partial charge in [-0.1, -0.05) is 0 Å². The lowest BCUT2D eigenvalue weighted by molar-refractivity contribution is -0.394. The highest BCUT2D eigenvalue weighted by Gasteiger charge is 2.33. The smallest absolute Gasteiger partial charge is 0.361 e. The molecule has 48 heavy (non-hydrogen) atoms.